The lowest BCUT2D eigenvalue weighted by molar-refractivity contribution is -0.118. The van der Waals surface area contributed by atoms with Gasteiger partial charge in [-0.25, -0.2) is 0 Å². The summed E-state index contributed by atoms with van der Waals surface area (Å²) in [6.45, 7) is 1.64. The van der Waals surface area contributed by atoms with Crippen molar-refractivity contribution in [1.29, 1.82) is 0 Å². The molecule has 0 saturated carbocycles. The number of carbonyl (C=O) groups is 1. The van der Waals surface area contributed by atoms with Crippen LogP contribution in [0.5, 0.6) is 0 Å². The van der Waals surface area contributed by atoms with Gasteiger partial charge >= 0.3 is 0 Å². The lowest BCUT2D eigenvalue weighted by Gasteiger charge is -2.28. The fraction of sp³-hybridized carbons (Fsp3) is 0.188. The van der Waals surface area contributed by atoms with Crippen molar-refractivity contribution >= 4 is 39.2 Å². The Labute approximate surface area is 136 Å². The van der Waals surface area contributed by atoms with Crippen LogP contribution in [0.2, 0.25) is 0 Å². The summed E-state index contributed by atoms with van der Waals surface area (Å²) in [6.07, 6.45) is 3.24. The maximum Gasteiger partial charge on any atom is 0.244 e. The number of thiophene rings is 1. The summed E-state index contributed by atoms with van der Waals surface area (Å²) in [5.74, 6) is -0.236. The first-order valence-corrected chi connectivity index (χ1v) is 8.06. The van der Waals surface area contributed by atoms with Crippen LogP contribution in [-0.4, -0.2) is 17.6 Å². The molecule has 1 aromatic heterocycles. The van der Waals surface area contributed by atoms with E-state index in [0.29, 0.717) is 0 Å². The summed E-state index contributed by atoms with van der Waals surface area (Å²) in [4.78, 5) is 13.0. The predicted molar refractivity (Wildman–Crippen MR) is 90.1 cm³/mol. The monoisotopic (exact) mass is 365 g/mol. The van der Waals surface area contributed by atoms with Crippen molar-refractivity contribution in [3.8, 4) is 0 Å². The van der Waals surface area contributed by atoms with Gasteiger partial charge in [0.15, 0.2) is 0 Å². The second kappa shape index (κ2) is 7.02. The average Bonchev–Trinajstić information content (AvgIpc) is 2.91. The Balaban J connectivity index is 2.08. The molecule has 1 atom stereocenters. The number of rotatable bonds is 5. The summed E-state index contributed by atoms with van der Waals surface area (Å²) >= 11 is 4.93. The molecule has 0 fully saturated rings. The SMILES string of the molecule is CC(CO)(NC(=O)/C=C/c1ccc(Br)s1)c1ccccc1. The minimum atomic E-state index is -0.793. The van der Waals surface area contributed by atoms with Crippen LogP contribution in [0.1, 0.15) is 17.4 Å². The van der Waals surface area contributed by atoms with Gasteiger partial charge in [0.05, 0.1) is 15.9 Å². The molecule has 0 bridgehead atoms. The van der Waals surface area contributed by atoms with E-state index in [1.807, 2.05) is 42.5 Å². The first-order chi connectivity index (χ1) is 10.0. The zero-order valence-electron chi connectivity index (χ0n) is 11.5. The Hall–Kier alpha value is -1.43. The highest BCUT2D eigenvalue weighted by molar-refractivity contribution is 9.11. The van der Waals surface area contributed by atoms with Gasteiger partial charge in [-0.3, -0.25) is 4.79 Å². The van der Waals surface area contributed by atoms with Crippen LogP contribution in [0.4, 0.5) is 0 Å². The maximum absolute atomic E-state index is 12.1. The van der Waals surface area contributed by atoms with E-state index < -0.39 is 5.54 Å². The zero-order valence-corrected chi connectivity index (χ0v) is 13.9. The predicted octanol–water partition coefficient (Wildman–Crippen LogP) is 3.55. The van der Waals surface area contributed by atoms with Gasteiger partial charge in [-0.2, -0.15) is 0 Å². The van der Waals surface area contributed by atoms with Crippen LogP contribution in [0.25, 0.3) is 6.08 Å². The molecule has 2 aromatic rings. The van der Waals surface area contributed by atoms with Crippen LogP contribution in [0.15, 0.2) is 52.3 Å². The van der Waals surface area contributed by atoms with E-state index in [9.17, 15) is 9.90 Å². The molecule has 2 N–H and O–H groups in total. The Morgan fingerprint density at radius 2 is 2.05 bits per heavy atom. The van der Waals surface area contributed by atoms with Crippen LogP contribution in [-0.2, 0) is 10.3 Å². The van der Waals surface area contributed by atoms with E-state index in [1.165, 1.54) is 6.08 Å². The lowest BCUT2D eigenvalue weighted by atomic mass is 9.93. The average molecular weight is 366 g/mol. The van der Waals surface area contributed by atoms with Crippen molar-refractivity contribution in [2.45, 2.75) is 12.5 Å². The second-order valence-corrected chi connectivity index (χ2v) is 7.32. The third-order valence-electron chi connectivity index (χ3n) is 3.12. The third kappa shape index (κ3) is 4.27. The zero-order chi connectivity index (χ0) is 15.3. The fourth-order valence-corrected chi connectivity index (χ4v) is 3.22. The molecule has 21 heavy (non-hydrogen) atoms. The molecule has 0 aliphatic heterocycles. The van der Waals surface area contributed by atoms with Crippen molar-refractivity contribution in [2.24, 2.45) is 0 Å². The summed E-state index contributed by atoms with van der Waals surface area (Å²) in [5, 5.41) is 12.5. The van der Waals surface area contributed by atoms with Gasteiger partial charge < -0.3 is 10.4 Å². The van der Waals surface area contributed by atoms with Crippen molar-refractivity contribution in [2.75, 3.05) is 6.61 Å². The number of carbonyl (C=O) groups excluding carboxylic acids is 1. The third-order valence-corrected chi connectivity index (χ3v) is 4.71. The highest BCUT2D eigenvalue weighted by Gasteiger charge is 2.26. The molecule has 1 unspecified atom stereocenters. The fourth-order valence-electron chi connectivity index (χ4n) is 1.90. The summed E-state index contributed by atoms with van der Waals surface area (Å²) in [6, 6.07) is 13.3. The van der Waals surface area contributed by atoms with Gasteiger partial charge in [-0.15, -0.1) is 11.3 Å². The molecule has 0 aliphatic rings. The van der Waals surface area contributed by atoms with Crippen LogP contribution in [0, 0.1) is 0 Å². The normalized spacial score (nSPS) is 14.0. The Bertz CT molecular complexity index is 639. The molecule has 3 nitrogen and oxygen atoms in total. The smallest absolute Gasteiger partial charge is 0.244 e. The molecule has 1 amide bonds. The van der Waals surface area contributed by atoms with E-state index in [4.69, 9.17) is 0 Å². The lowest BCUT2D eigenvalue weighted by Crippen LogP contribution is -2.45. The molecule has 110 valence electrons. The molecule has 1 heterocycles. The van der Waals surface area contributed by atoms with Crippen LogP contribution < -0.4 is 5.32 Å². The molecular formula is C16H16BrNO2S. The van der Waals surface area contributed by atoms with Gasteiger partial charge in [0.1, 0.15) is 0 Å². The first-order valence-electron chi connectivity index (χ1n) is 6.45. The van der Waals surface area contributed by atoms with E-state index >= 15 is 0 Å². The van der Waals surface area contributed by atoms with E-state index in [2.05, 4.69) is 21.2 Å². The number of halogens is 1. The van der Waals surface area contributed by atoms with E-state index in [0.717, 1.165) is 14.2 Å². The molecule has 2 rings (SSSR count). The quantitative estimate of drug-likeness (QED) is 0.796. The molecule has 0 aliphatic carbocycles. The molecular weight excluding hydrogens is 350 g/mol. The maximum atomic E-state index is 12.1. The van der Waals surface area contributed by atoms with E-state index in [1.54, 1.807) is 24.3 Å². The summed E-state index contributed by atoms with van der Waals surface area (Å²) < 4.78 is 1.02. The Morgan fingerprint density at radius 1 is 1.33 bits per heavy atom. The molecule has 0 spiro atoms. The van der Waals surface area contributed by atoms with Crippen LogP contribution >= 0.6 is 27.3 Å². The highest BCUT2D eigenvalue weighted by Crippen LogP contribution is 2.23. The van der Waals surface area contributed by atoms with Gasteiger partial charge in [0.25, 0.3) is 0 Å². The largest absolute Gasteiger partial charge is 0.394 e. The topological polar surface area (TPSA) is 49.3 Å². The van der Waals surface area contributed by atoms with Crippen LogP contribution in [0.3, 0.4) is 0 Å². The van der Waals surface area contributed by atoms with Crippen molar-refractivity contribution in [1.82, 2.24) is 5.32 Å². The number of benzene rings is 1. The summed E-state index contributed by atoms with van der Waals surface area (Å²) in [5.41, 5.74) is 0.0757. The van der Waals surface area contributed by atoms with Crippen molar-refractivity contribution in [3.05, 3.63) is 62.8 Å². The van der Waals surface area contributed by atoms with Gasteiger partial charge in [0.2, 0.25) is 5.91 Å². The van der Waals surface area contributed by atoms with Gasteiger partial charge in [-0.1, -0.05) is 30.3 Å². The first kappa shape index (κ1) is 15.9. The van der Waals surface area contributed by atoms with E-state index in [-0.39, 0.29) is 12.5 Å². The highest BCUT2D eigenvalue weighted by atomic mass is 79.9. The number of nitrogens with one attached hydrogen (secondary N) is 1. The number of aliphatic hydroxyl groups excluding tert-OH is 1. The molecule has 1 aromatic carbocycles. The molecule has 0 saturated heterocycles. The number of aliphatic hydroxyl groups is 1. The standard InChI is InChI=1S/C16H16BrNO2S/c1-16(11-19,12-5-3-2-4-6-12)18-15(20)10-8-13-7-9-14(17)21-13/h2-10,19H,11H2,1H3,(H,18,20)/b10-8+. The minimum absolute atomic E-state index is 0.166. The molecule has 5 heteroatoms. The minimum Gasteiger partial charge on any atom is -0.394 e. The van der Waals surface area contributed by atoms with Crippen molar-refractivity contribution < 1.29 is 9.90 Å². The second-order valence-electron chi connectivity index (χ2n) is 4.82. The molecule has 0 radical (unpaired) electrons. The Morgan fingerprint density at radius 3 is 2.62 bits per heavy atom. The Kier molecular flexibility index (Phi) is 5.33. The number of hydrogen-bond acceptors (Lipinski definition) is 3. The number of amides is 1. The van der Waals surface area contributed by atoms with Gasteiger partial charge in [-0.05, 0) is 46.6 Å². The number of hydrogen-bond donors (Lipinski definition) is 2. The van der Waals surface area contributed by atoms with Crippen molar-refractivity contribution in [3.63, 3.8) is 0 Å². The van der Waals surface area contributed by atoms with Gasteiger partial charge in [0, 0.05) is 11.0 Å². The summed E-state index contributed by atoms with van der Waals surface area (Å²) in [7, 11) is 0.